The molecule has 0 spiro atoms. The van der Waals surface area contributed by atoms with E-state index in [2.05, 4.69) is 42.4 Å². The fourth-order valence-corrected chi connectivity index (χ4v) is 3.63. The molecule has 0 atom stereocenters. The fourth-order valence-electron chi connectivity index (χ4n) is 3.63. The van der Waals surface area contributed by atoms with Crippen molar-refractivity contribution in [3.8, 4) is 6.07 Å². The van der Waals surface area contributed by atoms with E-state index in [1.807, 2.05) is 36.4 Å². The second kappa shape index (κ2) is 14.0. The quantitative estimate of drug-likeness (QED) is 0.371. The first-order valence-corrected chi connectivity index (χ1v) is 12.7. The first-order valence-electron chi connectivity index (χ1n) is 12.7. The van der Waals surface area contributed by atoms with Crippen LogP contribution in [0.4, 0.5) is 5.69 Å². The van der Waals surface area contributed by atoms with Gasteiger partial charge in [-0.3, -0.25) is 9.69 Å². The molecule has 196 valence electrons. The van der Waals surface area contributed by atoms with Crippen molar-refractivity contribution in [3.63, 3.8) is 0 Å². The van der Waals surface area contributed by atoms with Crippen LogP contribution in [0.2, 0.25) is 0 Å². The van der Waals surface area contributed by atoms with Gasteiger partial charge in [0.05, 0.1) is 25.4 Å². The summed E-state index contributed by atoms with van der Waals surface area (Å²) in [6.07, 6.45) is 0. The van der Waals surface area contributed by atoms with Crippen LogP contribution in [0.15, 0.2) is 42.0 Å². The molecule has 36 heavy (non-hydrogen) atoms. The third-order valence-corrected chi connectivity index (χ3v) is 5.70. The molecule has 0 radical (unpaired) electrons. The molecule has 0 aliphatic carbocycles. The van der Waals surface area contributed by atoms with Gasteiger partial charge < -0.3 is 20.5 Å². The van der Waals surface area contributed by atoms with E-state index in [-0.39, 0.29) is 12.2 Å². The third-order valence-electron chi connectivity index (χ3n) is 5.70. The zero-order chi connectivity index (χ0) is 26.7. The van der Waals surface area contributed by atoms with Crippen LogP contribution in [0.5, 0.6) is 0 Å². The standard InChI is InChI=1S/C25H32N4O3.C4H10/c1-18(23(16-26)24(31)28-25(2,3)17-30)19-4-5-21-15-22(7-6-20(21)14-19)27-8-9-29-10-12-32-13-11-29;1-4(2)3/h4-7,14-15,27,30H,8-13,17H2,1-3H3,(H,28,31);4H,1-3H3/b23-18+;. The van der Waals surface area contributed by atoms with Gasteiger partial charge in [-0.05, 0) is 66.8 Å². The van der Waals surface area contributed by atoms with Crippen LogP contribution in [0.1, 0.15) is 47.1 Å². The maximum absolute atomic E-state index is 12.6. The highest BCUT2D eigenvalue weighted by Gasteiger charge is 2.23. The number of fused-ring (bicyclic) bond motifs is 1. The number of hydrogen-bond acceptors (Lipinski definition) is 6. The van der Waals surface area contributed by atoms with Crippen LogP contribution in [-0.4, -0.2) is 67.5 Å². The Morgan fingerprint density at radius 2 is 1.75 bits per heavy atom. The van der Waals surface area contributed by atoms with Gasteiger partial charge in [0.1, 0.15) is 11.6 Å². The summed E-state index contributed by atoms with van der Waals surface area (Å²) in [5, 5.41) is 27.3. The van der Waals surface area contributed by atoms with E-state index in [9.17, 15) is 15.2 Å². The van der Waals surface area contributed by atoms with Crippen molar-refractivity contribution in [1.82, 2.24) is 10.2 Å². The number of carbonyl (C=O) groups excluding carboxylic acids is 1. The van der Waals surface area contributed by atoms with E-state index in [0.717, 1.165) is 67.3 Å². The minimum atomic E-state index is -0.798. The first-order chi connectivity index (χ1) is 17.1. The minimum Gasteiger partial charge on any atom is -0.394 e. The topological polar surface area (TPSA) is 97.6 Å². The summed E-state index contributed by atoms with van der Waals surface area (Å²) in [5.74, 6) is 0.351. The van der Waals surface area contributed by atoms with Gasteiger partial charge in [0, 0.05) is 31.9 Å². The number of amides is 1. The average molecular weight is 495 g/mol. The highest BCUT2D eigenvalue weighted by Crippen LogP contribution is 2.26. The Labute approximate surface area is 216 Å². The number of allylic oxidation sites excluding steroid dienone is 1. The largest absolute Gasteiger partial charge is 0.394 e. The van der Waals surface area contributed by atoms with Gasteiger partial charge in [0.25, 0.3) is 5.91 Å². The Hall–Kier alpha value is -2.92. The summed E-state index contributed by atoms with van der Waals surface area (Å²) in [6.45, 7) is 16.9. The van der Waals surface area contributed by atoms with Crippen LogP contribution >= 0.6 is 0 Å². The summed E-state index contributed by atoms with van der Waals surface area (Å²) in [7, 11) is 0. The minimum absolute atomic E-state index is 0.0484. The summed E-state index contributed by atoms with van der Waals surface area (Å²) in [4.78, 5) is 15.0. The summed E-state index contributed by atoms with van der Waals surface area (Å²) < 4.78 is 5.38. The van der Waals surface area contributed by atoms with Crippen molar-refractivity contribution in [3.05, 3.63) is 47.5 Å². The van der Waals surface area contributed by atoms with E-state index in [0.29, 0.717) is 5.57 Å². The lowest BCUT2D eigenvalue weighted by Gasteiger charge is -2.26. The molecular weight excluding hydrogens is 452 g/mol. The number of carbonyl (C=O) groups is 1. The highest BCUT2D eigenvalue weighted by molar-refractivity contribution is 6.05. The number of rotatable bonds is 8. The third kappa shape index (κ3) is 9.27. The molecule has 7 heteroatoms. The Morgan fingerprint density at radius 3 is 2.36 bits per heavy atom. The molecule has 1 aliphatic heterocycles. The van der Waals surface area contributed by atoms with Gasteiger partial charge in [-0.15, -0.1) is 0 Å². The van der Waals surface area contributed by atoms with Gasteiger partial charge in [-0.25, -0.2) is 0 Å². The van der Waals surface area contributed by atoms with E-state index in [1.165, 1.54) is 0 Å². The monoisotopic (exact) mass is 494 g/mol. The lowest BCUT2D eigenvalue weighted by molar-refractivity contribution is -0.119. The lowest BCUT2D eigenvalue weighted by atomic mass is 9.97. The number of nitrogens with one attached hydrogen (secondary N) is 2. The van der Waals surface area contributed by atoms with Crippen molar-refractivity contribution in [2.24, 2.45) is 5.92 Å². The second-order valence-corrected chi connectivity index (χ2v) is 10.5. The number of morpholine rings is 1. The van der Waals surface area contributed by atoms with Crippen LogP contribution in [-0.2, 0) is 9.53 Å². The molecule has 1 fully saturated rings. The average Bonchev–Trinajstić information content (AvgIpc) is 2.84. The van der Waals surface area contributed by atoms with Crippen molar-refractivity contribution >= 4 is 27.9 Å². The van der Waals surface area contributed by atoms with Gasteiger partial charge in [0.15, 0.2) is 0 Å². The van der Waals surface area contributed by atoms with Crippen LogP contribution in [0, 0.1) is 17.2 Å². The Kier molecular flexibility index (Phi) is 11.4. The summed E-state index contributed by atoms with van der Waals surface area (Å²) in [6, 6.07) is 14.1. The molecular formula is C29H42N4O3. The zero-order valence-corrected chi connectivity index (χ0v) is 22.6. The van der Waals surface area contributed by atoms with Crippen molar-refractivity contribution < 1.29 is 14.6 Å². The molecule has 1 heterocycles. The van der Waals surface area contributed by atoms with Gasteiger partial charge in [-0.1, -0.05) is 39.0 Å². The molecule has 0 aromatic heterocycles. The number of anilines is 1. The number of hydrogen-bond donors (Lipinski definition) is 3. The van der Waals surface area contributed by atoms with Crippen molar-refractivity contribution in [1.29, 1.82) is 5.26 Å². The first kappa shape index (κ1) is 29.3. The van der Waals surface area contributed by atoms with Gasteiger partial charge in [0.2, 0.25) is 0 Å². The number of nitriles is 1. The van der Waals surface area contributed by atoms with Crippen LogP contribution in [0.3, 0.4) is 0 Å². The molecule has 1 aliphatic rings. The molecule has 1 saturated heterocycles. The molecule has 7 nitrogen and oxygen atoms in total. The van der Waals surface area contributed by atoms with Crippen molar-refractivity contribution in [2.45, 2.75) is 47.1 Å². The number of benzene rings is 2. The smallest absolute Gasteiger partial charge is 0.262 e. The molecule has 0 bridgehead atoms. The highest BCUT2D eigenvalue weighted by atomic mass is 16.5. The number of nitrogens with zero attached hydrogens (tertiary/aromatic N) is 2. The van der Waals surface area contributed by atoms with E-state index >= 15 is 0 Å². The molecule has 3 rings (SSSR count). The zero-order valence-electron chi connectivity index (χ0n) is 22.6. The Morgan fingerprint density at radius 1 is 1.14 bits per heavy atom. The normalized spacial score (nSPS) is 15.0. The van der Waals surface area contributed by atoms with E-state index in [1.54, 1.807) is 20.8 Å². The van der Waals surface area contributed by atoms with Crippen LogP contribution in [0.25, 0.3) is 16.3 Å². The SMILES string of the molecule is C/C(=C(/C#N)C(=O)NC(C)(C)CO)c1ccc2cc(NCCN3CCOCC3)ccc2c1.CC(C)C. The molecule has 0 unspecified atom stereocenters. The fraction of sp³-hybridized carbons (Fsp3) is 0.517. The molecule has 0 saturated carbocycles. The molecule has 1 amide bonds. The van der Waals surface area contributed by atoms with Crippen LogP contribution < -0.4 is 10.6 Å². The number of aliphatic hydroxyl groups is 1. The lowest BCUT2D eigenvalue weighted by Crippen LogP contribution is -2.46. The predicted octanol–water partition coefficient (Wildman–Crippen LogP) is 4.43. The predicted molar refractivity (Wildman–Crippen MR) is 148 cm³/mol. The van der Waals surface area contributed by atoms with Gasteiger partial charge >= 0.3 is 0 Å². The molecule has 2 aromatic rings. The Balaban J connectivity index is 0.00000106. The number of ether oxygens (including phenoxy) is 1. The maximum Gasteiger partial charge on any atom is 0.262 e. The second-order valence-electron chi connectivity index (χ2n) is 10.5. The van der Waals surface area contributed by atoms with Crippen molar-refractivity contribution in [2.75, 3.05) is 51.3 Å². The van der Waals surface area contributed by atoms with E-state index < -0.39 is 11.4 Å². The number of aliphatic hydroxyl groups excluding tert-OH is 1. The molecule has 2 aromatic carbocycles. The maximum atomic E-state index is 12.6. The summed E-state index contributed by atoms with van der Waals surface area (Å²) >= 11 is 0. The summed E-state index contributed by atoms with van der Waals surface area (Å²) in [5.41, 5.74) is 1.74. The van der Waals surface area contributed by atoms with E-state index in [4.69, 9.17) is 4.74 Å². The molecule has 3 N–H and O–H groups in total. The Bertz CT molecular complexity index is 1080. The van der Waals surface area contributed by atoms with Gasteiger partial charge in [-0.2, -0.15) is 5.26 Å².